The molecule has 3 heteroatoms. The van der Waals surface area contributed by atoms with Crippen molar-refractivity contribution in [2.75, 3.05) is 7.11 Å². The molecule has 0 fully saturated rings. The highest BCUT2D eigenvalue weighted by Crippen LogP contribution is 2.23. The zero-order chi connectivity index (χ0) is 10.6. The van der Waals surface area contributed by atoms with E-state index in [-0.39, 0.29) is 6.42 Å². The normalized spacial score (nSPS) is 9.21. The molecular formula is C11H11NO2. The number of carbonyl (C=O) groups is 1. The Labute approximate surface area is 82.9 Å². The summed E-state index contributed by atoms with van der Waals surface area (Å²) in [5, 5.41) is 8.61. The lowest BCUT2D eigenvalue weighted by Gasteiger charge is -2.09. The number of ether oxygens (including phenoxy) is 1. The van der Waals surface area contributed by atoms with Crippen LogP contribution in [0.2, 0.25) is 0 Å². The number of nitriles is 1. The molecule has 1 aromatic rings. The molecule has 0 N–H and O–H groups in total. The van der Waals surface area contributed by atoms with Gasteiger partial charge in [-0.2, -0.15) is 5.26 Å². The summed E-state index contributed by atoms with van der Waals surface area (Å²) >= 11 is 0. The van der Waals surface area contributed by atoms with Gasteiger partial charge in [-0.25, -0.2) is 0 Å². The molecule has 14 heavy (non-hydrogen) atoms. The second-order valence-corrected chi connectivity index (χ2v) is 2.99. The molecule has 0 saturated heterocycles. The van der Waals surface area contributed by atoms with Crippen molar-refractivity contribution in [1.82, 2.24) is 0 Å². The van der Waals surface area contributed by atoms with Crippen molar-refractivity contribution in [3.05, 3.63) is 28.8 Å². The average Bonchev–Trinajstić information content (AvgIpc) is 2.20. The largest absolute Gasteiger partial charge is 0.496 e. The summed E-state index contributed by atoms with van der Waals surface area (Å²) in [6.07, 6.45) is 0.944. The van der Waals surface area contributed by atoms with E-state index < -0.39 is 0 Å². The van der Waals surface area contributed by atoms with Crippen LogP contribution >= 0.6 is 0 Å². The molecule has 0 unspecified atom stereocenters. The zero-order valence-electron chi connectivity index (χ0n) is 8.20. The summed E-state index contributed by atoms with van der Waals surface area (Å²) in [7, 11) is 1.53. The SMILES string of the molecule is COc1cc(C)cc(C=O)c1CC#N. The summed E-state index contributed by atoms with van der Waals surface area (Å²) in [5.74, 6) is 0.605. The standard InChI is InChI=1S/C11H11NO2/c1-8-5-9(7-13)10(3-4-12)11(6-8)14-2/h5-7H,3H2,1-2H3. The summed E-state index contributed by atoms with van der Waals surface area (Å²) in [6.45, 7) is 1.88. The predicted octanol–water partition coefficient (Wildman–Crippen LogP) is 1.88. The number of carbonyl (C=O) groups excluding carboxylic acids is 1. The van der Waals surface area contributed by atoms with Gasteiger partial charge in [0, 0.05) is 11.1 Å². The minimum Gasteiger partial charge on any atom is -0.496 e. The Morgan fingerprint density at radius 2 is 2.29 bits per heavy atom. The predicted molar refractivity (Wildman–Crippen MR) is 52.4 cm³/mol. The van der Waals surface area contributed by atoms with Crippen molar-refractivity contribution >= 4 is 6.29 Å². The van der Waals surface area contributed by atoms with Crippen LogP contribution in [0.5, 0.6) is 5.75 Å². The number of hydrogen-bond acceptors (Lipinski definition) is 3. The van der Waals surface area contributed by atoms with Crippen molar-refractivity contribution in [1.29, 1.82) is 5.26 Å². The van der Waals surface area contributed by atoms with E-state index >= 15 is 0 Å². The molecule has 0 radical (unpaired) electrons. The molecule has 1 rings (SSSR count). The minimum atomic E-state index is 0.192. The van der Waals surface area contributed by atoms with E-state index in [1.165, 1.54) is 7.11 Å². The van der Waals surface area contributed by atoms with Gasteiger partial charge in [0.1, 0.15) is 5.75 Å². The van der Waals surface area contributed by atoms with Gasteiger partial charge in [-0.05, 0) is 24.6 Å². The van der Waals surface area contributed by atoms with Crippen molar-refractivity contribution in [3.63, 3.8) is 0 Å². The molecule has 0 atom stereocenters. The van der Waals surface area contributed by atoms with E-state index in [4.69, 9.17) is 10.00 Å². The lowest BCUT2D eigenvalue weighted by atomic mass is 10.0. The van der Waals surface area contributed by atoms with Gasteiger partial charge in [-0.1, -0.05) is 0 Å². The molecule has 0 aliphatic rings. The van der Waals surface area contributed by atoms with E-state index in [0.29, 0.717) is 16.9 Å². The molecule has 0 saturated carbocycles. The van der Waals surface area contributed by atoms with Crippen LogP contribution < -0.4 is 4.74 Å². The highest BCUT2D eigenvalue weighted by atomic mass is 16.5. The first-order chi connectivity index (χ1) is 6.72. The molecule has 0 aromatic heterocycles. The van der Waals surface area contributed by atoms with Gasteiger partial charge < -0.3 is 4.74 Å². The van der Waals surface area contributed by atoms with Crippen LogP contribution in [0.25, 0.3) is 0 Å². The molecular weight excluding hydrogens is 178 g/mol. The number of hydrogen-bond donors (Lipinski definition) is 0. The van der Waals surface area contributed by atoms with E-state index in [1.807, 2.05) is 19.1 Å². The quantitative estimate of drug-likeness (QED) is 0.682. The third kappa shape index (κ3) is 1.91. The molecule has 1 aromatic carbocycles. The van der Waals surface area contributed by atoms with Crippen molar-refractivity contribution in [3.8, 4) is 11.8 Å². The van der Waals surface area contributed by atoms with Crippen molar-refractivity contribution in [2.24, 2.45) is 0 Å². The number of benzene rings is 1. The molecule has 0 heterocycles. The lowest BCUT2D eigenvalue weighted by Crippen LogP contribution is -1.98. The van der Waals surface area contributed by atoms with Crippen molar-refractivity contribution < 1.29 is 9.53 Å². The summed E-state index contributed by atoms with van der Waals surface area (Å²) in [6, 6.07) is 5.59. The Morgan fingerprint density at radius 3 is 2.79 bits per heavy atom. The van der Waals surface area contributed by atoms with Gasteiger partial charge in [0.05, 0.1) is 19.6 Å². The second kappa shape index (κ2) is 4.43. The van der Waals surface area contributed by atoms with E-state index in [9.17, 15) is 4.79 Å². The summed E-state index contributed by atoms with van der Waals surface area (Å²) in [5.41, 5.74) is 2.14. The Kier molecular flexibility index (Phi) is 3.24. The number of aldehydes is 1. The Bertz CT molecular complexity index is 391. The van der Waals surface area contributed by atoms with Crippen molar-refractivity contribution in [2.45, 2.75) is 13.3 Å². The maximum Gasteiger partial charge on any atom is 0.150 e. The van der Waals surface area contributed by atoms with Crippen LogP contribution in [-0.2, 0) is 6.42 Å². The Morgan fingerprint density at radius 1 is 1.57 bits per heavy atom. The van der Waals surface area contributed by atoms with Gasteiger partial charge >= 0.3 is 0 Å². The molecule has 72 valence electrons. The topological polar surface area (TPSA) is 50.1 Å². The van der Waals surface area contributed by atoms with Crippen LogP contribution in [0, 0.1) is 18.3 Å². The summed E-state index contributed by atoms with van der Waals surface area (Å²) in [4.78, 5) is 10.8. The average molecular weight is 189 g/mol. The summed E-state index contributed by atoms with van der Waals surface area (Å²) < 4.78 is 5.11. The van der Waals surface area contributed by atoms with Crippen LogP contribution in [0.4, 0.5) is 0 Å². The van der Waals surface area contributed by atoms with Gasteiger partial charge in [-0.15, -0.1) is 0 Å². The maximum absolute atomic E-state index is 10.8. The second-order valence-electron chi connectivity index (χ2n) is 2.99. The maximum atomic E-state index is 10.8. The molecule has 0 bridgehead atoms. The first-order valence-corrected chi connectivity index (χ1v) is 4.22. The molecule has 3 nitrogen and oxygen atoms in total. The molecule has 0 amide bonds. The third-order valence-corrected chi connectivity index (χ3v) is 1.99. The highest BCUT2D eigenvalue weighted by Gasteiger charge is 2.09. The van der Waals surface area contributed by atoms with Gasteiger partial charge in [0.25, 0.3) is 0 Å². The van der Waals surface area contributed by atoms with Gasteiger partial charge in [0.2, 0.25) is 0 Å². The van der Waals surface area contributed by atoms with Crippen LogP contribution in [0.15, 0.2) is 12.1 Å². The fraction of sp³-hybridized carbons (Fsp3) is 0.273. The van der Waals surface area contributed by atoms with E-state index in [1.54, 1.807) is 6.07 Å². The Balaban J connectivity index is 3.33. The number of nitrogens with zero attached hydrogens (tertiary/aromatic N) is 1. The number of methoxy groups -OCH3 is 1. The fourth-order valence-corrected chi connectivity index (χ4v) is 1.37. The molecule has 0 spiro atoms. The van der Waals surface area contributed by atoms with Crippen LogP contribution in [0.1, 0.15) is 21.5 Å². The first-order valence-electron chi connectivity index (χ1n) is 4.22. The first kappa shape index (κ1) is 10.3. The Hall–Kier alpha value is -1.82. The highest BCUT2D eigenvalue weighted by molar-refractivity contribution is 5.79. The van der Waals surface area contributed by atoms with E-state index in [2.05, 4.69) is 0 Å². The lowest BCUT2D eigenvalue weighted by molar-refractivity contribution is 0.112. The number of aryl methyl sites for hydroxylation is 1. The van der Waals surface area contributed by atoms with E-state index in [0.717, 1.165) is 11.8 Å². The van der Waals surface area contributed by atoms with Crippen LogP contribution in [0.3, 0.4) is 0 Å². The van der Waals surface area contributed by atoms with Crippen LogP contribution in [-0.4, -0.2) is 13.4 Å². The smallest absolute Gasteiger partial charge is 0.150 e. The van der Waals surface area contributed by atoms with Gasteiger partial charge in [0.15, 0.2) is 6.29 Å². The third-order valence-electron chi connectivity index (χ3n) is 1.99. The minimum absolute atomic E-state index is 0.192. The number of rotatable bonds is 3. The van der Waals surface area contributed by atoms with Gasteiger partial charge in [-0.3, -0.25) is 4.79 Å². The fourth-order valence-electron chi connectivity index (χ4n) is 1.37. The molecule has 0 aliphatic carbocycles. The zero-order valence-corrected chi connectivity index (χ0v) is 8.20. The molecule has 0 aliphatic heterocycles. The monoisotopic (exact) mass is 189 g/mol.